The van der Waals surface area contributed by atoms with Gasteiger partial charge in [0, 0.05) is 25.8 Å². The number of carboxylic acids is 1. The molecule has 0 radical (unpaired) electrons. The van der Waals surface area contributed by atoms with Crippen molar-refractivity contribution in [3.8, 4) is 0 Å². The molecule has 5 atom stereocenters. The second kappa shape index (κ2) is 34.6. The van der Waals surface area contributed by atoms with Gasteiger partial charge in [-0.1, -0.05) is 174 Å². The molecule has 2 amide bonds. The van der Waals surface area contributed by atoms with Crippen LogP contribution in [0.3, 0.4) is 0 Å². The van der Waals surface area contributed by atoms with Crippen LogP contribution in [0.5, 0.6) is 0 Å². The van der Waals surface area contributed by atoms with Gasteiger partial charge in [0.15, 0.2) is 5.78 Å². The zero-order chi connectivity index (χ0) is 42.9. The van der Waals surface area contributed by atoms with E-state index in [1.165, 1.54) is 120 Å². The molecule has 0 spiro atoms. The molecule has 0 aliphatic carbocycles. The van der Waals surface area contributed by atoms with Crippen LogP contribution >= 0.6 is 0 Å². The van der Waals surface area contributed by atoms with Crippen LogP contribution in [0.4, 0.5) is 0 Å². The van der Waals surface area contributed by atoms with Crippen LogP contribution in [-0.4, -0.2) is 92.8 Å². The molecule has 12 heteroatoms. The quantitative estimate of drug-likeness (QED) is 0.0258. The van der Waals surface area contributed by atoms with Crippen LogP contribution in [0, 0.1) is 5.92 Å². The average molecular weight is 826 g/mol. The van der Waals surface area contributed by atoms with E-state index in [1.807, 2.05) is 0 Å². The van der Waals surface area contributed by atoms with E-state index in [0.29, 0.717) is 25.7 Å². The normalized spacial score (nSPS) is 20.6. The number of nitrogens with one attached hydrogen (secondary N) is 1. The fraction of sp³-hybridized carbons (Fsp3) is 0.913. The highest BCUT2D eigenvalue weighted by Gasteiger charge is 2.58. The Bertz CT molecular complexity index is 1080. The standard InChI is InChI=1S/C46H87N3O9/c1-3-5-7-9-11-13-15-17-18-19-20-22-24-26-28-33-41(53)49(35-31-27-25-23-21-16-14-12-10-8-6-4-2)46(47)43(45(57)44(56)39(37-50)58-46)38(51)36-48-40(52)32-29-30-34-42(54)55/h39,43-45,50,56-57H,3-37,47H2,1-2H3,(H,48,52)(H,54,55)/t39-,43-,44-,45-,46+/m1/s1. The highest BCUT2D eigenvalue weighted by atomic mass is 16.6. The fourth-order valence-corrected chi connectivity index (χ4v) is 8.18. The number of aliphatic hydroxyl groups excluding tert-OH is 3. The highest BCUT2D eigenvalue weighted by Crippen LogP contribution is 2.36. The molecule has 7 N–H and O–H groups in total. The number of carbonyl (C=O) groups is 4. The molecule has 12 nitrogen and oxygen atoms in total. The first-order valence-electron chi connectivity index (χ1n) is 23.8. The Hall–Kier alpha value is -2.12. The van der Waals surface area contributed by atoms with Crippen molar-refractivity contribution in [1.29, 1.82) is 0 Å². The molecule has 1 saturated heterocycles. The highest BCUT2D eigenvalue weighted by molar-refractivity contribution is 5.89. The number of rotatable bonds is 39. The Kier molecular flexibility index (Phi) is 32.1. The number of hydrogen-bond acceptors (Lipinski definition) is 9. The number of ether oxygens (including phenoxy) is 1. The molecule has 0 aromatic carbocycles. The summed E-state index contributed by atoms with van der Waals surface area (Å²) in [6, 6.07) is 0. The van der Waals surface area contributed by atoms with Crippen molar-refractivity contribution >= 4 is 23.6 Å². The van der Waals surface area contributed by atoms with E-state index in [-0.39, 0.29) is 31.7 Å². The van der Waals surface area contributed by atoms with Crippen molar-refractivity contribution in [3.63, 3.8) is 0 Å². The Morgan fingerprint density at radius 1 is 0.586 bits per heavy atom. The number of ketones is 1. The molecule has 340 valence electrons. The Balaban J connectivity index is 2.84. The molecule has 0 aromatic rings. The smallest absolute Gasteiger partial charge is 0.303 e. The summed E-state index contributed by atoms with van der Waals surface area (Å²) in [5.74, 6) is -6.23. The molecule has 1 rings (SSSR count). The minimum absolute atomic E-state index is 0.0100. The Labute approximate surface area is 352 Å². The molecule has 0 aromatic heterocycles. The molecular formula is C46H87N3O9. The van der Waals surface area contributed by atoms with Gasteiger partial charge in [0.2, 0.25) is 17.7 Å². The first-order valence-corrected chi connectivity index (χ1v) is 23.8. The van der Waals surface area contributed by atoms with E-state index in [0.717, 1.165) is 44.9 Å². The van der Waals surface area contributed by atoms with E-state index in [9.17, 15) is 34.5 Å². The van der Waals surface area contributed by atoms with Crippen LogP contribution in [0.2, 0.25) is 0 Å². The monoisotopic (exact) mass is 826 g/mol. The summed E-state index contributed by atoms with van der Waals surface area (Å²) < 4.78 is 6.05. The van der Waals surface area contributed by atoms with E-state index in [2.05, 4.69) is 19.2 Å². The number of unbranched alkanes of at least 4 members (excludes halogenated alkanes) is 26. The van der Waals surface area contributed by atoms with Gasteiger partial charge in [-0.15, -0.1) is 0 Å². The largest absolute Gasteiger partial charge is 0.481 e. The summed E-state index contributed by atoms with van der Waals surface area (Å²) in [6.45, 7) is 3.43. The molecule has 0 unspecified atom stereocenters. The topological polar surface area (TPSA) is 200 Å². The van der Waals surface area contributed by atoms with Crippen molar-refractivity contribution in [3.05, 3.63) is 0 Å². The van der Waals surface area contributed by atoms with Crippen molar-refractivity contribution in [2.24, 2.45) is 11.7 Å². The summed E-state index contributed by atoms with van der Waals surface area (Å²) in [7, 11) is 0. The number of nitrogens with two attached hydrogens (primary N) is 1. The number of carbonyl (C=O) groups excluding carboxylic acids is 3. The molecule has 58 heavy (non-hydrogen) atoms. The van der Waals surface area contributed by atoms with Gasteiger partial charge >= 0.3 is 5.97 Å². The van der Waals surface area contributed by atoms with Crippen LogP contribution in [0.1, 0.15) is 219 Å². The van der Waals surface area contributed by atoms with E-state index < -0.39 is 60.9 Å². The van der Waals surface area contributed by atoms with Gasteiger partial charge in [-0.3, -0.25) is 24.9 Å². The van der Waals surface area contributed by atoms with Gasteiger partial charge in [0.05, 0.1) is 19.3 Å². The van der Waals surface area contributed by atoms with Gasteiger partial charge in [-0.05, 0) is 25.7 Å². The van der Waals surface area contributed by atoms with Gasteiger partial charge in [0.25, 0.3) is 0 Å². The van der Waals surface area contributed by atoms with Crippen molar-refractivity contribution in [1.82, 2.24) is 10.2 Å². The Morgan fingerprint density at radius 3 is 1.41 bits per heavy atom. The number of aliphatic hydroxyl groups is 3. The molecule has 0 bridgehead atoms. The van der Waals surface area contributed by atoms with Crippen molar-refractivity contribution in [2.75, 3.05) is 19.7 Å². The second-order valence-corrected chi connectivity index (χ2v) is 17.0. The van der Waals surface area contributed by atoms with Gasteiger partial charge < -0.3 is 35.4 Å². The van der Waals surface area contributed by atoms with Crippen LogP contribution < -0.4 is 11.1 Å². The predicted molar refractivity (Wildman–Crippen MR) is 231 cm³/mol. The van der Waals surface area contributed by atoms with E-state index in [4.69, 9.17) is 15.6 Å². The summed E-state index contributed by atoms with van der Waals surface area (Å²) in [6.07, 6.45) is 27.5. The SMILES string of the molecule is CCCCCCCCCCCCCCCCCC(=O)N(CCCCCCCCCCCCCC)[C@]1(N)O[C@H](CO)[C@@H](O)[C@H](O)[C@H]1C(=O)CNC(=O)CCCCC(=O)O. The number of amides is 2. The Morgan fingerprint density at radius 2 is 0.983 bits per heavy atom. The summed E-state index contributed by atoms with van der Waals surface area (Å²) in [5, 5.41) is 43.6. The third-order valence-electron chi connectivity index (χ3n) is 11.8. The number of Topliss-reactive ketones (excluding diaryl/α,β-unsaturated/α-hetero) is 1. The maximum atomic E-state index is 14.1. The second-order valence-electron chi connectivity index (χ2n) is 17.0. The van der Waals surface area contributed by atoms with Crippen LogP contribution in [0.15, 0.2) is 0 Å². The third-order valence-corrected chi connectivity index (χ3v) is 11.8. The summed E-state index contributed by atoms with van der Waals surface area (Å²) in [4.78, 5) is 52.5. The maximum absolute atomic E-state index is 14.1. The molecule has 1 fully saturated rings. The molecule has 1 heterocycles. The lowest BCUT2D eigenvalue weighted by Crippen LogP contribution is -2.75. The molecule has 0 saturated carbocycles. The van der Waals surface area contributed by atoms with E-state index in [1.54, 1.807) is 0 Å². The zero-order valence-corrected chi connectivity index (χ0v) is 36.9. The first-order chi connectivity index (χ1) is 28.0. The van der Waals surface area contributed by atoms with Crippen molar-refractivity contribution in [2.45, 2.75) is 243 Å². The lowest BCUT2D eigenvalue weighted by atomic mass is 9.82. The minimum atomic E-state index is -2.17. The lowest BCUT2D eigenvalue weighted by Gasteiger charge is -2.52. The number of aliphatic carboxylic acids is 1. The lowest BCUT2D eigenvalue weighted by molar-refractivity contribution is -0.291. The molecular weight excluding hydrogens is 739 g/mol. The molecule has 1 aliphatic heterocycles. The first kappa shape index (κ1) is 53.9. The number of hydrogen-bond donors (Lipinski definition) is 6. The fourth-order valence-electron chi connectivity index (χ4n) is 8.18. The maximum Gasteiger partial charge on any atom is 0.303 e. The van der Waals surface area contributed by atoms with Crippen LogP contribution in [-0.2, 0) is 23.9 Å². The van der Waals surface area contributed by atoms with E-state index >= 15 is 0 Å². The minimum Gasteiger partial charge on any atom is -0.481 e. The van der Waals surface area contributed by atoms with Gasteiger partial charge in [0.1, 0.15) is 18.1 Å². The molecule has 1 aliphatic rings. The number of nitrogens with zero attached hydrogens (tertiary/aromatic N) is 1. The van der Waals surface area contributed by atoms with Gasteiger partial charge in [-0.2, -0.15) is 0 Å². The third kappa shape index (κ3) is 23.6. The van der Waals surface area contributed by atoms with Gasteiger partial charge in [-0.25, -0.2) is 0 Å². The zero-order valence-electron chi connectivity index (χ0n) is 36.9. The average Bonchev–Trinajstić information content (AvgIpc) is 3.20. The summed E-state index contributed by atoms with van der Waals surface area (Å²) in [5.41, 5.74) is 6.91. The predicted octanol–water partition coefficient (Wildman–Crippen LogP) is 8.45. The summed E-state index contributed by atoms with van der Waals surface area (Å²) >= 11 is 0. The number of carboxylic acid groups (broad SMARTS) is 1. The van der Waals surface area contributed by atoms with Crippen LogP contribution in [0.25, 0.3) is 0 Å². The van der Waals surface area contributed by atoms with Crippen molar-refractivity contribution < 1.29 is 44.3 Å².